The molecule has 2 unspecified atom stereocenters. The molecular formula is C26H31N3O5. The van der Waals surface area contributed by atoms with E-state index in [2.05, 4.69) is 29.6 Å². The van der Waals surface area contributed by atoms with Crippen LogP contribution in [0.15, 0.2) is 48.5 Å². The lowest BCUT2D eigenvalue weighted by Gasteiger charge is -2.36. The minimum absolute atomic E-state index is 0.0660. The number of amides is 3. The summed E-state index contributed by atoms with van der Waals surface area (Å²) < 4.78 is 11.0. The number of nitrogens with two attached hydrogens (primary N) is 1. The lowest BCUT2D eigenvalue weighted by molar-refractivity contribution is -0.123. The number of piperidine rings is 1. The number of likely N-dealkylation sites (tertiary alicyclic amines) is 1. The van der Waals surface area contributed by atoms with E-state index >= 15 is 0 Å². The second-order valence-electron chi connectivity index (χ2n) is 9.89. The number of benzene rings is 2. The number of nitrogens with one attached hydrogen (secondary N) is 1. The van der Waals surface area contributed by atoms with Gasteiger partial charge in [0.25, 0.3) is 0 Å². The summed E-state index contributed by atoms with van der Waals surface area (Å²) in [5.74, 6) is -1.18. The van der Waals surface area contributed by atoms with Crippen LogP contribution in [0.1, 0.15) is 44.2 Å². The van der Waals surface area contributed by atoms with Crippen molar-refractivity contribution in [3.63, 3.8) is 0 Å². The zero-order chi connectivity index (χ0) is 24.5. The molecule has 3 N–H and O–H groups in total. The zero-order valence-electron chi connectivity index (χ0n) is 19.7. The summed E-state index contributed by atoms with van der Waals surface area (Å²) in [4.78, 5) is 38.6. The maximum atomic E-state index is 13.0. The molecule has 0 radical (unpaired) electrons. The molecule has 2 aromatic carbocycles. The molecule has 1 fully saturated rings. The maximum absolute atomic E-state index is 13.0. The van der Waals surface area contributed by atoms with Crippen molar-refractivity contribution in [3.05, 3.63) is 59.7 Å². The molecule has 0 aromatic heterocycles. The number of carbonyl (C=O) groups excluding carboxylic acids is 3. The predicted molar refractivity (Wildman–Crippen MR) is 127 cm³/mol. The van der Waals surface area contributed by atoms with Crippen molar-refractivity contribution < 1.29 is 23.9 Å². The molecule has 4 rings (SSSR count). The Morgan fingerprint density at radius 3 is 2.15 bits per heavy atom. The first-order valence-electron chi connectivity index (χ1n) is 11.5. The topological polar surface area (TPSA) is 111 Å². The Bertz CT molecular complexity index is 1050. The van der Waals surface area contributed by atoms with Crippen molar-refractivity contribution in [3.8, 4) is 11.1 Å². The first-order chi connectivity index (χ1) is 16.1. The Kier molecular flexibility index (Phi) is 6.50. The van der Waals surface area contributed by atoms with Gasteiger partial charge < -0.3 is 25.4 Å². The average Bonchev–Trinajstić information content (AvgIpc) is 3.09. The molecule has 34 heavy (non-hydrogen) atoms. The highest BCUT2D eigenvalue weighted by atomic mass is 16.6. The Morgan fingerprint density at radius 1 is 1.00 bits per heavy atom. The van der Waals surface area contributed by atoms with Gasteiger partial charge in [0.2, 0.25) is 5.91 Å². The third kappa shape index (κ3) is 5.16. The summed E-state index contributed by atoms with van der Waals surface area (Å²) in [7, 11) is 0. The Morgan fingerprint density at radius 2 is 1.59 bits per heavy atom. The normalized spacial score (nSPS) is 19.7. The fourth-order valence-electron chi connectivity index (χ4n) is 4.72. The van der Waals surface area contributed by atoms with Gasteiger partial charge in [0.05, 0.1) is 12.0 Å². The zero-order valence-corrected chi connectivity index (χ0v) is 19.7. The van der Waals surface area contributed by atoms with Crippen molar-refractivity contribution in [2.24, 2.45) is 11.7 Å². The summed E-state index contributed by atoms with van der Waals surface area (Å²) in [6.07, 6.45) is -0.805. The lowest BCUT2D eigenvalue weighted by atomic mass is 9.94. The van der Waals surface area contributed by atoms with Crippen LogP contribution in [0.4, 0.5) is 9.59 Å². The van der Waals surface area contributed by atoms with Gasteiger partial charge in [-0.2, -0.15) is 0 Å². The highest BCUT2D eigenvalue weighted by Gasteiger charge is 2.36. The molecular weight excluding hydrogens is 434 g/mol. The highest BCUT2D eigenvalue weighted by molar-refractivity contribution is 5.80. The van der Waals surface area contributed by atoms with Gasteiger partial charge in [-0.25, -0.2) is 9.59 Å². The fourth-order valence-corrected chi connectivity index (χ4v) is 4.72. The van der Waals surface area contributed by atoms with Gasteiger partial charge in [-0.1, -0.05) is 48.5 Å². The van der Waals surface area contributed by atoms with E-state index in [4.69, 9.17) is 15.2 Å². The largest absolute Gasteiger partial charge is 0.448 e. The van der Waals surface area contributed by atoms with Gasteiger partial charge in [-0.3, -0.25) is 4.79 Å². The van der Waals surface area contributed by atoms with Crippen molar-refractivity contribution in [1.29, 1.82) is 0 Å². The molecule has 8 heteroatoms. The lowest BCUT2D eigenvalue weighted by Crippen LogP contribution is -2.55. The van der Waals surface area contributed by atoms with Crippen molar-refractivity contribution >= 4 is 18.1 Å². The van der Waals surface area contributed by atoms with E-state index in [0.717, 1.165) is 22.3 Å². The summed E-state index contributed by atoms with van der Waals surface area (Å²) in [5.41, 5.74) is 9.42. The van der Waals surface area contributed by atoms with Gasteiger partial charge in [0.1, 0.15) is 12.2 Å². The van der Waals surface area contributed by atoms with Gasteiger partial charge >= 0.3 is 12.2 Å². The van der Waals surface area contributed by atoms with Crippen LogP contribution in [0.3, 0.4) is 0 Å². The molecule has 3 amide bonds. The Balaban J connectivity index is 1.44. The monoisotopic (exact) mass is 465 g/mol. The average molecular weight is 466 g/mol. The van der Waals surface area contributed by atoms with Gasteiger partial charge in [-0.15, -0.1) is 0 Å². The number of hydrogen-bond donors (Lipinski definition) is 2. The van der Waals surface area contributed by atoms with E-state index in [0.29, 0.717) is 6.42 Å². The number of primary amides is 1. The molecule has 0 spiro atoms. The number of carbonyl (C=O) groups is 3. The van der Waals surface area contributed by atoms with Crippen LogP contribution in [0.2, 0.25) is 0 Å². The second kappa shape index (κ2) is 9.37. The molecule has 1 aliphatic heterocycles. The maximum Gasteiger partial charge on any atom is 0.409 e. The van der Waals surface area contributed by atoms with Gasteiger partial charge in [0, 0.05) is 19.0 Å². The molecule has 1 saturated heterocycles. The van der Waals surface area contributed by atoms with E-state index in [9.17, 15) is 14.4 Å². The quantitative estimate of drug-likeness (QED) is 0.716. The van der Waals surface area contributed by atoms with Crippen LogP contribution in [-0.4, -0.2) is 54.3 Å². The molecule has 2 aromatic rings. The van der Waals surface area contributed by atoms with E-state index in [-0.39, 0.29) is 25.6 Å². The number of nitrogens with zero attached hydrogens (tertiary/aromatic N) is 1. The minimum atomic E-state index is -0.658. The van der Waals surface area contributed by atoms with Crippen LogP contribution >= 0.6 is 0 Å². The smallest absolute Gasteiger partial charge is 0.409 e. The first kappa shape index (κ1) is 23.6. The van der Waals surface area contributed by atoms with Crippen molar-refractivity contribution in [2.45, 2.75) is 44.8 Å². The number of fused-ring (bicyclic) bond motifs is 3. The van der Waals surface area contributed by atoms with Crippen LogP contribution < -0.4 is 11.1 Å². The molecule has 0 saturated carbocycles. The standard InChI is InChI=1S/C26H31N3O5/c1-26(2,3)34-24(31)28-17-12-16(23(27)30)13-29(14-17)25(32)33-15-22-20-10-6-4-8-18(20)19-9-5-7-11-21(19)22/h4-11,16-17,22H,12-15H2,1-3H3,(H2,27,30)(H,28,31). The van der Waals surface area contributed by atoms with Crippen molar-refractivity contribution in [1.82, 2.24) is 10.2 Å². The first-order valence-corrected chi connectivity index (χ1v) is 11.5. The molecule has 180 valence electrons. The molecule has 2 aliphatic rings. The van der Waals surface area contributed by atoms with Crippen molar-refractivity contribution in [2.75, 3.05) is 19.7 Å². The number of ether oxygens (including phenoxy) is 2. The van der Waals surface area contributed by atoms with Crippen LogP contribution in [-0.2, 0) is 14.3 Å². The van der Waals surface area contributed by atoms with E-state index in [1.807, 2.05) is 24.3 Å². The van der Waals surface area contributed by atoms with E-state index in [1.54, 1.807) is 20.8 Å². The summed E-state index contributed by atoms with van der Waals surface area (Å²) in [6.45, 7) is 5.83. The Labute approximate surface area is 199 Å². The minimum Gasteiger partial charge on any atom is -0.448 e. The van der Waals surface area contributed by atoms with Gasteiger partial charge in [0.15, 0.2) is 0 Å². The Hall–Kier alpha value is -3.55. The number of hydrogen-bond acceptors (Lipinski definition) is 5. The highest BCUT2D eigenvalue weighted by Crippen LogP contribution is 2.44. The molecule has 2 atom stereocenters. The van der Waals surface area contributed by atoms with Crippen LogP contribution in [0, 0.1) is 5.92 Å². The van der Waals surface area contributed by atoms with Gasteiger partial charge in [-0.05, 0) is 49.4 Å². The summed E-state index contributed by atoms with van der Waals surface area (Å²) >= 11 is 0. The third-order valence-electron chi connectivity index (χ3n) is 6.17. The van der Waals surface area contributed by atoms with Crippen LogP contribution in [0.5, 0.6) is 0 Å². The fraction of sp³-hybridized carbons (Fsp3) is 0.423. The molecule has 1 aliphatic carbocycles. The number of rotatable bonds is 4. The summed E-state index contributed by atoms with van der Waals surface area (Å²) in [6, 6.07) is 15.7. The second-order valence-corrected chi connectivity index (χ2v) is 9.89. The van der Waals surface area contributed by atoms with Crippen LogP contribution in [0.25, 0.3) is 11.1 Å². The predicted octanol–water partition coefficient (Wildman–Crippen LogP) is 3.64. The van der Waals surface area contributed by atoms with E-state index in [1.165, 1.54) is 4.90 Å². The molecule has 0 bridgehead atoms. The SMILES string of the molecule is CC(C)(C)OC(=O)NC1CC(C(N)=O)CN(C(=O)OCC2c3ccccc3-c3ccccc32)C1. The summed E-state index contributed by atoms with van der Waals surface area (Å²) in [5, 5.41) is 2.75. The molecule has 8 nitrogen and oxygen atoms in total. The van der Waals surface area contributed by atoms with E-state index < -0.39 is 35.7 Å². The number of alkyl carbamates (subject to hydrolysis) is 1. The third-order valence-corrected chi connectivity index (χ3v) is 6.17. The molecule has 1 heterocycles.